The normalized spacial score (nSPS) is 22.9. The summed E-state index contributed by atoms with van der Waals surface area (Å²) in [6.45, 7) is 3.16. The Balaban J connectivity index is 1.03. The smallest absolute Gasteiger partial charge is 0.354 e. The minimum absolute atomic E-state index is 0.0811. The zero-order valence-corrected chi connectivity index (χ0v) is 26.2. The highest BCUT2D eigenvalue weighted by molar-refractivity contribution is 6.38. The van der Waals surface area contributed by atoms with Crippen LogP contribution in [0.5, 0.6) is 5.75 Å². The molecular weight excluding hydrogens is 601 g/mol. The van der Waals surface area contributed by atoms with Crippen LogP contribution >= 0.6 is 23.2 Å². The van der Waals surface area contributed by atoms with Crippen molar-refractivity contribution in [3.63, 3.8) is 0 Å². The molecule has 4 aliphatic carbocycles. The standard InChI is InChI=1S/C34H35Cl2N3O5/c1-2-3-21-14-28(32(40)41)38-27-7-6-22(15-23(21)27)42-19-33-8-11-34(12-9-33,13-10-33)43-18-24-30(39-44-31(24)20-4-5-20)29-25(35)16-37-17-26(29)36/h6-7,14-17,20H,2-5,8-13,18-19H2,1H3,(H,40,41). The summed E-state index contributed by atoms with van der Waals surface area (Å²) in [5.74, 6) is 1.05. The molecule has 8 rings (SSSR count). The molecule has 2 bridgehead atoms. The molecule has 44 heavy (non-hydrogen) atoms. The fourth-order valence-corrected chi connectivity index (χ4v) is 7.58. The molecule has 4 aliphatic rings. The first-order chi connectivity index (χ1) is 21.3. The first-order valence-corrected chi connectivity index (χ1v) is 16.3. The predicted octanol–water partition coefficient (Wildman–Crippen LogP) is 8.81. The summed E-state index contributed by atoms with van der Waals surface area (Å²) >= 11 is 13.0. The van der Waals surface area contributed by atoms with Crippen LogP contribution in [0.2, 0.25) is 10.0 Å². The SMILES string of the molecule is CCCc1cc(C(=O)O)nc2ccc(OCC34CCC(OCc5c(-c6c(Cl)cncc6Cl)noc5C5CC5)(CC3)CC4)cc12. The van der Waals surface area contributed by atoms with Gasteiger partial charge in [-0.15, -0.1) is 0 Å². The summed E-state index contributed by atoms with van der Waals surface area (Å²) in [4.78, 5) is 20.0. The highest BCUT2D eigenvalue weighted by Crippen LogP contribution is 2.55. The van der Waals surface area contributed by atoms with Gasteiger partial charge in [0.2, 0.25) is 0 Å². The van der Waals surface area contributed by atoms with Crippen molar-refractivity contribution in [2.45, 2.75) is 89.3 Å². The van der Waals surface area contributed by atoms with Crippen LogP contribution in [0, 0.1) is 5.41 Å². The predicted molar refractivity (Wildman–Crippen MR) is 168 cm³/mol. The van der Waals surface area contributed by atoms with Gasteiger partial charge >= 0.3 is 5.97 Å². The van der Waals surface area contributed by atoms with Crippen LogP contribution in [0.3, 0.4) is 0 Å². The molecule has 10 heteroatoms. The lowest BCUT2D eigenvalue weighted by Crippen LogP contribution is -2.49. The Morgan fingerprint density at radius 3 is 2.45 bits per heavy atom. The van der Waals surface area contributed by atoms with Gasteiger partial charge in [0.25, 0.3) is 0 Å². The van der Waals surface area contributed by atoms with Gasteiger partial charge in [-0.3, -0.25) is 4.98 Å². The van der Waals surface area contributed by atoms with Gasteiger partial charge in [-0.05, 0) is 87.6 Å². The van der Waals surface area contributed by atoms with Gasteiger partial charge in [0.1, 0.15) is 22.9 Å². The Bertz CT molecular complexity index is 1690. The van der Waals surface area contributed by atoms with Crippen LogP contribution in [0.4, 0.5) is 0 Å². The van der Waals surface area contributed by atoms with Gasteiger partial charge in [0.05, 0.1) is 34.4 Å². The third-order valence-corrected chi connectivity index (χ3v) is 10.4. The van der Waals surface area contributed by atoms with Crippen molar-refractivity contribution in [1.29, 1.82) is 0 Å². The summed E-state index contributed by atoms with van der Waals surface area (Å²) in [6.07, 6.45) is 13.1. The van der Waals surface area contributed by atoms with Gasteiger partial charge < -0.3 is 19.1 Å². The van der Waals surface area contributed by atoms with Crippen molar-refractivity contribution in [3.8, 4) is 17.0 Å². The minimum atomic E-state index is -1.01. The number of halogens is 2. The lowest BCUT2D eigenvalue weighted by Gasteiger charge is -2.52. The van der Waals surface area contributed by atoms with Gasteiger partial charge in [0, 0.05) is 40.2 Å². The topological polar surface area (TPSA) is 108 Å². The number of pyridine rings is 2. The van der Waals surface area contributed by atoms with E-state index in [1.54, 1.807) is 18.5 Å². The molecule has 0 aliphatic heterocycles. The Labute approximate surface area is 266 Å². The number of ether oxygens (including phenoxy) is 2. The number of rotatable bonds is 11. The number of carboxylic acids is 1. The van der Waals surface area contributed by atoms with Crippen molar-refractivity contribution >= 4 is 40.1 Å². The van der Waals surface area contributed by atoms with Gasteiger partial charge in [-0.1, -0.05) is 41.7 Å². The van der Waals surface area contributed by atoms with Crippen molar-refractivity contribution in [3.05, 3.63) is 69.3 Å². The highest BCUT2D eigenvalue weighted by Gasteiger charge is 2.50. The third-order valence-electron chi connectivity index (χ3n) is 9.86. The number of hydrogen-bond donors (Lipinski definition) is 1. The molecule has 4 fully saturated rings. The molecule has 3 aromatic heterocycles. The molecule has 0 radical (unpaired) electrons. The fraction of sp³-hybridized carbons (Fsp3) is 0.471. The lowest BCUT2D eigenvalue weighted by atomic mass is 9.59. The average molecular weight is 637 g/mol. The summed E-state index contributed by atoms with van der Waals surface area (Å²) < 4.78 is 19.1. The van der Waals surface area contributed by atoms with Crippen LogP contribution in [0.15, 0.2) is 41.2 Å². The van der Waals surface area contributed by atoms with E-state index in [-0.39, 0.29) is 16.7 Å². The molecule has 4 aromatic rings. The van der Waals surface area contributed by atoms with E-state index in [2.05, 4.69) is 22.0 Å². The summed E-state index contributed by atoms with van der Waals surface area (Å²) in [5.41, 5.74) is 3.96. The largest absolute Gasteiger partial charge is 0.493 e. The Morgan fingerprint density at radius 2 is 1.80 bits per heavy atom. The molecule has 8 nitrogen and oxygen atoms in total. The lowest BCUT2D eigenvalue weighted by molar-refractivity contribution is -0.150. The molecule has 230 valence electrons. The fourth-order valence-electron chi connectivity index (χ4n) is 7.04. The van der Waals surface area contributed by atoms with E-state index in [1.807, 2.05) is 18.2 Å². The second-order valence-corrected chi connectivity index (χ2v) is 13.6. The average Bonchev–Trinajstić information content (AvgIpc) is 3.80. The van der Waals surface area contributed by atoms with E-state index in [0.717, 1.165) is 92.2 Å². The monoisotopic (exact) mass is 635 g/mol. The first kappa shape index (κ1) is 29.5. The van der Waals surface area contributed by atoms with E-state index in [9.17, 15) is 9.90 Å². The molecule has 0 spiro atoms. The number of aryl methyl sites for hydroxylation is 1. The Kier molecular flexibility index (Phi) is 7.79. The summed E-state index contributed by atoms with van der Waals surface area (Å²) in [6, 6.07) is 7.48. The molecule has 0 unspecified atom stereocenters. The van der Waals surface area contributed by atoms with Crippen molar-refractivity contribution in [2.75, 3.05) is 6.61 Å². The van der Waals surface area contributed by atoms with Crippen LogP contribution in [0.25, 0.3) is 22.2 Å². The van der Waals surface area contributed by atoms with E-state index in [0.29, 0.717) is 46.0 Å². The Morgan fingerprint density at radius 1 is 1.07 bits per heavy atom. The second kappa shape index (κ2) is 11.6. The van der Waals surface area contributed by atoms with E-state index >= 15 is 0 Å². The van der Waals surface area contributed by atoms with Crippen LogP contribution in [0.1, 0.15) is 98.0 Å². The molecule has 0 saturated heterocycles. The molecule has 1 aromatic carbocycles. The van der Waals surface area contributed by atoms with E-state index in [4.69, 9.17) is 37.2 Å². The number of carbonyl (C=O) groups is 1. The number of hydrogen-bond acceptors (Lipinski definition) is 7. The molecule has 1 N–H and O–H groups in total. The van der Waals surface area contributed by atoms with E-state index in [1.165, 1.54) is 0 Å². The second-order valence-electron chi connectivity index (χ2n) is 12.8. The number of carboxylic acid groups (broad SMARTS) is 1. The van der Waals surface area contributed by atoms with Crippen molar-refractivity contribution in [1.82, 2.24) is 15.1 Å². The molecule has 4 saturated carbocycles. The summed E-state index contributed by atoms with van der Waals surface area (Å²) in [5, 5.41) is 15.7. The minimum Gasteiger partial charge on any atom is -0.493 e. The maximum atomic E-state index is 11.6. The zero-order chi connectivity index (χ0) is 30.5. The van der Waals surface area contributed by atoms with Crippen molar-refractivity contribution < 1.29 is 23.9 Å². The van der Waals surface area contributed by atoms with Crippen LogP contribution < -0.4 is 4.74 Å². The Hall–Kier alpha value is -3.20. The van der Waals surface area contributed by atoms with E-state index < -0.39 is 5.97 Å². The van der Waals surface area contributed by atoms with Gasteiger partial charge in [-0.2, -0.15) is 0 Å². The van der Waals surface area contributed by atoms with Crippen LogP contribution in [-0.4, -0.2) is 38.4 Å². The number of benzene rings is 1. The van der Waals surface area contributed by atoms with Crippen molar-refractivity contribution in [2.24, 2.45) is 5.41 Å². The number of aromatic nitrogens is 3. The molecule has 3 heterocycles. The summed E-state index contributed by atoms with van der Waals surface area (Å²) in [7, 11) is 0. The number of aromatic carboxylic acids is 1. The number of nitrogens with zero attached hydrogens (tertiary/aromatic N) is 3. The maximum absolute atomic E-state index is 11.6. The first-order valence-electron chi connectivity index (χ1n) is 15.5. The van der Waals surface area contributed by atoms with Crippen LogP contribution in [-0.2, 0) is 17.8 Å². The third kappa shape index (κ3) is 5.57. The molecule has 0 amide bonds. The van der Waals surface area contributed by atoms with Gasteiger partial charge in [-0.25, -0.2) is 9.78 Å². The molecule has 0 atom stereocenters. The van der Waals surface area contributed by atoms with Gasteiger partial charge in [0.15, 0.2) is 0 Å². The molecular formula is C34H35Cl2N3O5. The maximum Gasteiger partial charge on any atom is 0.354 e. The quantitative estimate of drug-likeness (QED) is 0.174. The zero-order valence-electron chi connectivity index (χ0n) is 24.7. The number of fused-ring (bicyclic) bond motifs is 4. The highest BCUT2D eigenvalue weighted by atomic mass is 35.5.